The standard InChI is InChI=1S/C32H44F2/c1-3-5-6-8-23-9-11-24(12-10-23)13-14-25-15-18-27(19-16-25)30-22-28-20-17-26(7-4-2)21-29(28)31(33)32(30)34/h6,8,17,20-25,27H,3-5,7,9-16,18-19H2,1-2H3/b8-6+. The monoisotopic (exact) mass is 466 g/mol. The van der Waals surface area contributed by atoms with E-state index >= 15 is 4.39 Å². The summed E-state index contributed by atoms with van der Waals surface area (Å²) in [5.41, 5.74) is 1.70. The molecule has 0 bridgehead atoms. The largest absolute Gasteiger partial charge is 0.203 e. The topological polar surface area (TPSA) is 0 Å². The van der Waals surface area contributed by atoms with Crippen LogP contribution in [0.25, 0.3) is 10.8 Å². The predicted molar refractivity (Wildman–Crippen MR) is 141 cm³/mol. The van der Waals surface area contributed by atoms with Crippen LogP contribution in [0.4, 0.5) is 8.78 Å². The summed E-state index contributed by atoms with van der Waals surface area (Å²) in [7, 11) is 0. The lowest BCUT2D eigenvalue weighted by atomic mass is 9.74. The van der Waals surface area contributed by atoms with Crippen LogP contribution in [0.5, 0.6) is 0 Å². The third-order valence-corrected chi connectivity index (χ3v) is 8.67. The molecule has 2 aromatic rings. The summed E-state index contributed by atoms with van der Waals surface area (Å²) in [5.74, 6) is 1.40. The lowest BCUT2D eigenvalue weighted by Crippen LogP contribution is -2.18. The molecule has 0 N–H and O–H groups in total. The normalized spacial score (nSPS) is 25.9. The van der Waals surface area contributed by atoms with Crippen molar-refractivity contribution in [3.63, 3.8) is 0 Å². The second-order valence-corrected chi connectivity index (χ2v) is 11.2. The maximum absolute atomic E-state index is 15.1. The third-order valence-electron chi connectivity index (χ3n) is 8.67. The second kappa shape index (κ2) is 12.3. The Labute approximate surface area is 206 Å². The molecular formula is C32H44F2. The third kappa shape index (κ3) is 6.29. The Balaban J connectivity index is 1.28. The highest BCUT2D eigenvalue weighted by Crippen LogP contribution is 2.42. The van der Waals surface area contributed by atoms with Gasteiger partial charge in [-0.1, -0.05) is 63.8 Å². The summed E-state index contributed by atoms with van der Waals surface area (Å²) in [6.07, 6.45) is 21.7. The van der Waals surface area contributed by atoms with E-state index in [1.807, 2.05) is 18.2 Å². The highest BCUT2D eigenvalue weighted by atomic mass is 19.2. The van der Waals surface area contributed by atoms with Crippen molar-refractivity contribution in [1.29, 1.82) is 0 Å². The van der Waals surface area contributed by atoms with E-state index in [1.54, 1.807) is 0 Å². The van der Waals surface area contributed by atoms with E-state index in [0.29, 0.717) is 10.9 Å². The van der Waals surface area contributed by atoms with E-state index in [0.717, 1.165) is 67.2 Å². The van der Waals surface area contributed by atoms with E-state index in [9.17, 15) is 4.39 Å². The molecule has 0 heterocycles. The fourth-order valence-electron chi connectivity index (χ4n) is 6.49. The van der Waals surface area contributed by atoms with Gasteiger partial charge in [0.25, 0.3) is 0 Å². The van der Waals surface area contributed by atoms with Gasteiger partial charge in [-0.25, -0.2) is 8.78 Å². The van der Waals surface area contributed by atoms with Crippen LogP contribution < -0.4 is 0 Å². The van der Waals surface area contributed by atoms with E-state index in [1.165, 1.54) is 51.4 Å². The Hall–Kier alpha value is -1.70. The molecule has 0 amide bonds. The van der Waals surface area contributed by atoms with Crippen molar-refractivity contribution in [2.24, 2.45) is 17.8 Å². The number of allylic oxidation sites excluding steroid dienone is 2. The Morgan fingerprint density at radius 3 is 2.12 bits per heavy atom. The van der Waals surface area contributed by atoms with Crippen molar-refractivity contribution < 1.29 is 8.78 Å². The first kappa shape index (κ1) is 25.4. The fourth-order valence-corrected chi connectivity index (χ4v) is 6.49. The van der Waals surface area contributed by atoms with Crippen LogP contribution in [0, 0.1) is 29.4 Å². The summed E-state index contributed by atoms with van der Waals surface area (Å²) in [4.78, 5) is 0. The molecule has 0 atom stereocenters. The molecule has 186 valence electrons. The molecule has 2 heteroatoms. The van der Waals surface area contributed by atoms with Crippen LogP contribution in [0.3, 0.4) is 0 Å². The number of fused-ring (bicyclic) bond motifs is 1. The minimum Gasteiger partial charge on any atom is -0.203 e. The Morgan fingerprint density at radius 1 is 0.794 bits per heavy atom. The second-order valence-electron chi connectivity index (χ2n) is 11.2. The number of halogens is 2. The smallest absolute Gasteiger partial charge is 0.166 e. The SMILES string of the molecule is CCC/C=C/C1CCC(CCC2CCC(c3cc4ccc(CCC)cc4c(F)c3F)CC2)CC1. The lowest BCUT2D eigenvalue weighted by molar-refractivity contribution is 0.245. The minimum atomic E-state index is -0.646. The molecule has 0 unspecified atom stereocenters. The number of hydrogen-bond donors (Lipinski definition) is 0. The van der Waals surface area contributed by atoms with Gasteiger partial charge in [0.05, 0.1) is 0 Å². The Bertz CT molecular complexity index is 943. The van der Waals surface area contributed by atoms with Gasteiger partial charge in [-0.2, -0.15) is 0 Å². The first-order valence-electron chi connectivity index (χ1n) is 14.2. The summed E-state index contributed by atoms with van der Waals surface area (Å²) in [5, 5.41) is 1.28. The van der Waals surface area contributed by atoms with E-state index in [-0.39, 0.29) is 5.92 Å². The molecule has 0 aliphatic heterocycles. The summed E-state index contributed by atoms with van der Waals surface area (Å²) >= 11 is 0. The summed E-state index contributed by atoms with van der Waals surface area (Å²) < 4.78 is 30.0. The van der Waals surface area contributed by atoms with Crippen LogP contribution >= 0.6 is 0 Å². The maximum Gasteiger partial charge on any atom is 0.166 e. The molecule has 2 fully saturated rings. The Kier molecular flexibility index (Phi) is 9.20. The first-order valence-corrected chi connectivity index (χ1v) is 14.2. The highest BCUT2D eigenvalue weighted by Gasteiger charge is 2.27. The zero-order valence-electron chi connectivity index (χ0n) is 21.4. The molecule has 0 spiro atoms. The van der Waals surface area contributed by atoms with Gasteiger partial charge < -0.3 is 0 Å². The van der Waals surface area contributed by atoms with Gasteiger partial charge in [0.15, 0.2) is 11.6 Å². The minimum absolute atomic E-state index is 0.163. The van der Waals surface area contributed by atoms with Crippen molar-refractivity contribution in [3.05, 3.63) is 59.2 Å². The van der Waals surface area contributed by atoms with Crippen molar-refractivity contribution in [1.82, 2.24) is 0 Å². The van der Waals surface area contributed by atoms with Crippen LogP contribution in [-0.4, -0.2) is 0 Å². The fraction of sp³-hybridized carbons (Fsp3) is 0.625. The molecule has 34 heavy (non-hydrogen) atoms. The van der Waals surface area contributed by atoms with Crippen molar-refractivity contribution in [2.75, 3.05) is 0 Å². The predicted octanol–water partition coefficient (Wildman–Crippen LogP) is 10.3. The molecule has 4 rings (SSSR count). The quantitative estimate of drug-likeness (QED) is 0.322. The highest BCUT2D eigenvalue weighted by molar-refractivity contribution is 5.85. The van der Waals surface area contributed by atoms with Gasteiger partial charge in [-0.3, -0.25) is 0 Å². The number of aryl methyl sites for hydroxylation is 1. The van der Waals surface area contributed by atoms with Crippen LogP contribution in [-0.2, 0) is 6.42 Å². The van der Waals surface area contributed by atoms with Gasteiger partial charge in [-0.15, -0.1) is 0 Å². The van der Waals surface area contributed by atoms with Crippen molar-refractivity contribution in [2.45, 2.75) is 110 Å². The summed E-state index contributed by atoms with van der Waals surface area (Å²) in [6.45, 7) is 4.35. The molecule has 0 radical (unpaired) electrons. The molecule has 2 aliphatic rings. The lowest BCUT2D eigenvalue weighted by Gasteiger charge is -2.32. The van der Waals surface area contributed by atoms with Gasteiger partial charge in [0, 0.05) is 5.39 Å². The average molecular weight is 467 g/mol. The van der Waals surface area contributed by atoms with Gasteiger partial charge in [0.2, 0.25) is 0 Å². The Morgan fingerprint density at radius 2 is 1.47 bits per heavy atom. The molecule has 2 aromatic carbocycles. The van der Waals surface area contributed by atoms with Crippen molar-refractivity contribution in [3.8, 4) is 0 Å². The zero-order chi connectivity index (χ0) is 23.9. The van der Waals surface area contributed by atoms with Crippen LogP contribution in [0.1, 0.15) is 114 Å². The molecule has 0 aromatic heterocycles. The van der Waals surface area contributed by atoms with E-state index in [4.69, 9.17) is 0 Å². The van der Waals surface area contributed by atoms with Gasteiger partial charge in [0.1, 0.15) is 0 Å². The van der Waals surface area contributed by atoms with E-state index in [2.05, 4.69) is 32.1 Å². The number of benzene rings is 2. The average Bonchev–Trinajstić information content (AvgIpc) is 2.87. The van der Waals surface area contributed by atoms with Gasteiger partial charge in [-0.05, 0) is 117 Å². The van der Waals surface area contributed by atoms with Crippen molar-refractivity contribution >= 4 is 10.8 Å². The number of unbranched alkanes of at least 4 members (excludes halogenated alkanes) is 1. The van der Waals surface area contributed by atoms with E-state index < -0.39 is 11.6 Å². The molecule has 0 nitrogen and oxygen atoms in total. The zero-order valence-corrected chi connectivity index (χ0v) is 21.4. The molecule has 0 saturated heterocycles. The van der Waals surface area contributed by atoms with Crippen LogP contribution in [0.2, 0.25) is 0 Å². The maximum atomic E-state index is 15.1. The van der Waals surface area contributed by atoms with Crippen LogP contribution in [0.15, 0.2) is 36.4 Å². The molecular weight excluding hydrogens is 422 g/mol. The number of hydrogen-bond acceptors (Lipinski definition) is 0. The molecule has 2 saturated carbocycles. The number of rotatable bonds is 9. The first-order chi connectivity index (χ1) is 16.6. The van der Waals surface area contributed by atoms with Gasteiger partial charge >= 0.3 is 0 Å². The molecule has 2 aliphatic carbocycles. The summed E-state index contributed by atoms with van der Waals surface area (Å²) in [6, 6.07) is 7.82.